The van der Waals surface area contributed by atoms with Crippen molar-refractivity contribution in [1.82, 2.24) is 14.9 Å². The fourth-order valence-corrected chi connectivity index (χ4v) is 3.56. The van der Waals surface area contributed by atoms with E-state index < -0.39 is 0 Å². The van der Waals surface area contributed by atoms with Crippen LogP contribution in [0.3, 0.4) is 0 Å². The minimum Gasteiger partial charge on any atom is -0.457 e. The molecule has 1 aliphatic rings. The van der Waals surface area contributed by atoms with Gasteiger partial charge in [-0.25, -0.2) is 9.97 Å². The van der Waals surface area contributed by atoms with E-state index >= 15 is 0 Å². The van der Waals surface area contributed by atoms with Gasteiger partial charge in [0.25, 0.3) is 5.91 Å². The summed E-state index contributed by atoms with van der Waals surface area (Å²) in [5.74, 6) is 3.85. The first-order valence-corrected chi connectivity index (χ1v) is 11.1. The van der Waals surface area contributed by atoms with Crippen molar-refractivity contribution in [2.75, 3.05) is 24.1 Å². The first-order chi connectivity index (χ1) is 16.5. The SMILES string of the molecule is C#CC(=O)N1CCC(Nc2ncnc(N)c2C(=N)c2ccc(Oc3ccccc3)cc2)C1.CC. The minimum atomic E-state index is -0.331. The summed E-state index contributed by atoms with van der Waals surface area (Å²) in [6.07, 6.45) is 7.29. The number of nitrogens with two attached hydrogens (primary N) is 1. The largest absolute Gasteiger partial charge is 0.457 e. The molecule has 4 N–H and O–H groups in total. The van der Waals surface area contributed by atoms with Crippen molar-refractivity contribution in [3.8, 4) is 23.8 Å². The molecule has 0 aliphatic carbocycles. The molecule has 1 saturated heterocycles. The molecule has 2 heterocycles. The molecular weight excluding hydrogens is 428 g/mol. The number of carbonyl (C=O) groups is 1. The molecule has 2 aromatic carbocycles. The molecule has 0 saturated carbocycles. The molecule has 0 bridgehead atoms. The summed E-state index contributed by atoms with van der Waals surface area (Å²) in [4.78, 5) is 21.7. The smallest absolute Gasteiger partial charge is 0.298 e. The molecule has 4 rings (SSSR count). The maximum Gasteiger partial charge on any atom is 0.298 e. The third kappa shape index (κ3) is 5.70. The summed E-state index contributed by atoms with van der Waals surface area (Å²) in [5.41, 5.74) is 7.35. The summed E-state index contributed by atoms with van der Waals surface area (Å²) < 4.78 is 5.82. The van der Waals surface area contributed by atoms with Crippen molar-refractivity contribution in [3.05, 3.63) is 72.1 Å². The average molecular weight is 457 g/mol. The van der Waals surface area contributed by atoms with Gasteiger partial charge in [0.2, 0.25) is 0 Å². The van der Waals surface area contributed by atoms with Crippen LogP contribution in [0.25, 0.3) is 0 Å². The second-order valence-corrected chi connectivity index (χ2v) is 7.32. The zero-order valence-corrected chi connectivity index (χ0v) is 19.3. The molecule has 8 nitrogen and oxygen atoms in total. The summed E-state index contributed by atoms with van der Waals surface area (Å²) >= 11 is 0. The summed E-state index contributed by atoms with van der Waals surface area (Å²) in [5, 5.41) is 12.0. The van der Waals surface area contributed by atoms with E-state index in [1.807, 2.05) is 44.2 Å². The van der Waals surface area contributed by atoms with Crippen molar-refractivity contribution < 1.29 is 9.53 Å². The maximum atomic E-state index is 11.7. The van der Waals surface area contributed by atoms with Crippen LogP contribution in [0.5, 0.6) is 11.5 Å². The number of nitrogen functional groups attached to an aromatic ring is 1. The number of amides is 1. The molecular formula is C26H28N6O2. The van der Waals surface area contributed by atoms with Crippen molar-refractivity contribution in [1.29, 1.82) is 5.41 Å². The Morgan fingerprint density at radius 3 is 2.50 bits per heavy atom. The van der Waals surface area contributed by atoms with Gasteiger partial charge < -0.3 is 20.7 Å². The summed E-state index contributed by atoms with van der Waals surface area (Å²) in [7, 11) is 0. The standard InChI is InChI=1S/C24H22N6O2.C2H6/c1-2-20(31)30-13-12-17(14-30)29-24-21(23(26)27-15-28-24)22(25)16-8-10-19(11-9-16)32-18-6-4-3-5-7-18;1-2/h1,3-11,15,17,25H,12-14H2,(H3,26,27,28,29);1-2H3. The number of carbonyl (C=O) groups excluding carboxylic acids is 1. The topological polar surface area (TPSA) is 117 Å². The van der Waals surface area contributed by atoms with E-state index in [0.717, 1.165) is 12.2 Å². The van der Waals surface area contributed by atoms with Crippen molar-refractivity contribution in [3.63, 3.8) is 0 Å². The van der Waals surface area contributed by atoms with Crippen molar-refractivity contribution in [2.45, 2.75) is 26.3 Å². The van der Waals surface area contributed by atoms with Gasteiger partial charge in [0.15, 0.2) is 0 Å². The number of ether oxygens (including phenoxy) is 1. The predicted molar refractivity (Wildman–Crippen MR) is 134 cm³/mol. The number of para-hydroxylation sites is 1. The highest BCUT2D eigenvalue weighted by atomic mass is 16.5. The molecule has 3 aromatic rings. The van der Waals surface area contributed by atoms with Crippen LogP contribution in [0.2, 0.25) is 0 Å². The van der Waals surface area contributed by atoms with Gasteiger partial charge in [0, 0.05) is 24.7 Å². The molecule has 34 heavy (non-hydrogen) atoms. The molecule has 1 aromatic heterocycles. The second kappa shape index (κ2) is 11.5. The minimum absolute atomic E-state index is 0.0465. The summed E-state index contributed by atoms with van der Waals surface area (Å²) in [6.45, 7) is 5.03. The third-order valence-corrected chi connectivity index (χ3v) is 5.19. The zero-order chi connectivity index (χ0) is 24.5. The zero-order valence-electron chi connectivity index (χ0n) is 19.3. The number of aromatic nitrogens is 2. The Morgan fingerprint density at radius 2 is 1.82 bits per heavy atom. The van der Waals surface area contributed by atoms with E-state index in [9.17, 15) is 4.79 Å². The van der Waals surface area contributed by atoms with Crippen LogP contribution in [-0.4, -0.2) is 45.6 Å². The highest BCUT2D eigenvalue weighted by Gasteiger charge is 2.27. The van der Waals surface area contributed by atoms with Gasteiger partial charge in [-0.3, -0.25) is 10.2 Å². The fraction of sp³-hybridized carbons (Fsp3) is 0.231. The number of anilines is 2. The lowest BCUT2D eigenvalue weighted by Gasteiger charge is -2.18. The molecule has 1 atom stereocenters. The van der Waals surface area contributed by atoms with Crippen LogP contribution in [0.1, 0.15) is 31.4 Å². The number of likely N-dealkylation sites (tertiary alicyclic amines) is 1. The predicted octanol–water partition coefficient (Wildman–Crippen LogP) is 3.94. The van der Waals surface area contributed by atoms with Crippen LogP contribution in [-0.2, 0) is 4.79 Å². The molecule has 1 fully saturated rings. The van der Waals surface area contributed by atoms with Gasteiger partial charge in [0.1, 0.15) is 29.5 Å². The Bertz CT molecular complexity index is 1170. The van der Waals surface area contributed by atoms with Crippen molar-refractivity contribution in [2.24, 2.45) is 0 Å². The lowest BCUT2D eigenvalue weighted by molar-refractivity contribution is -0.124. The Kier molecular flexibility index (Phi) is 8.19. The normalized spacial score (nSPS) is 14.4. The monoisotopic (exact) mass is 456 g/mol. The van der Waals surface area contributed by atoms with E-state index in [2.05, 4.69) is 21.2 Å². The number of terminal acetylenes is 1. The second-order valence-electron chi connectivity index (χ2n) is 7.32. The van der Waals surface area contributed by atoms with Crippen LogP contribution in [0.15, 0.2) is 60.9 Å². The number of nitrogens with one attached hydrogen (secondary N) is 2. The van der Waals surface area contributed by atoms with E-state index in [1.54, 1.807) is 29.2 Å². The van der Waals surface area contributed by atoms with Gasteiger partial charge in [-0.15, -0.1) is 6.42 Å². The number of benzene rings is 2. The van der Waals surface area contributed by atoms with Gasteiger partial charge in [-0.2, -0.15) is 0 Å². The van der Waals surface area contributed by atoms with Crippen LogP contribution >= 0.6 is 0 Å². The molecule has 1 unspecified atom stereocenters. The molecule has 1 aliphatic heterocycles. The van der Waals surface area contributed by atoms with E-state index in [0.29, 0.717) is 35.8 Å². The van der Waals surface area contributed by atoms with Gasteiger partial charge in [-0.05, 0) is 48.7 Å². The van der Waals surface area contributed by atoms with Crippen LogP contribution in [0, 0.1) is 17.8 Å². The Hall–Kier alpha value is -4.38. The first kappa shape index (κ1) is 24.3. The quantitative estimate of drug-likeness (QED) is 0.382. The van der Waals surface area contributed by atoms with Gasteiger partial charge >= 0.3 is 0 Å². The Balaban J connectivity index is 0.00000158. The highest BCUT2D eigenvalue weighted by Crippen LogP contribution is 2.26. The molecule has 174 valence electrons. The third-order valence-electron chi connectivity index (χ3n) is 5.19. The van der Waals surface area contributed by atoms with E-state index in [4.69, 9.17) is 22.3 Å². The molecule has 0 radical (unpaired) electrons. The van der Waals surface area contributed by atoms with Gasteiger partial charge in [-0.1, -0.05) is 32.0 Å². The number of nitrogens with zero attached hydrogens (tertiary/aromatic N) is 3. The molecule has 0 spiro atoms. The van der Waals surface area contributed by atoms with Crippen LogP contribution < -0.4 is 15.8 Å². The summed E-state index contributed by atoms with van der Waals surface area (Å²) in [6, 6.07) is 16.6. The average Bonchev–Trinajstić information content (AvgIpc) is 3.34. The highest BCUT2D eigenvalue weighted by molar-refractivity contribution is 6.16. The lowest BCUT2D eigenvalue weighted by Crippen LogP contribution is -2.31. The lowest BCUT2D eigenvalue weighted by atomic mass is 10.0. The van der Waals surface area contributed by atoms with Gasteiger partial charge in [0.05, 0.1) is 11.3 Å². The molecule has 1 amide bonds. The number of rotatable bonds is 6. The Morgan fingerprint density at radius 1 is 1.15 bits per heavy atom. The number of hydrogen-bond acceptors (Lipinski definition) is 7. The van der Waals surface area contributed by atoms with Crippen LogP contribution in [0.4, 0.5) is 11.6 Å². The van der Waals surface area contributed by atoms with E-state index in [1.165, 1.54) is 6.33 Å². The van der Waals surface area contributed by atoms with Crippen molar-refractivity contribution >= 4 is 23.3 Å². The fourth-order valence-electron chi connectivity index (χ4n) is 3.56. The van der Waals surface area contributed by atoms with E-state index in [-0.39, 0.29) is 23.5 Å². The first-order valence-electron chi connectivity index (χ1n) is 11.1. The molecule has 8 heteroatoms. The Labute approximate surface area is 199 Å². The number of hydrogen-bond donors (Lipinski definition) is 3. The maximum absolute atomic E-state index is 11.7.